The van der Waals surface area contributed by atoms with Gasteiger partial charge < -0.3 is 21.5 Å². The first-order valence-electron chi connectivity index (χ1n) is 9.43. The number of amides is 3. The van der Waals surface area contributed by atoms with Gasteiger partial charge in [0.2, 0.25) is 17.9 Å². The first-order chi connectivity index (χ1) is 14.5. The molecule has 1 rings (SSSR count). The molecule has 4 atom stereocenters. The quantitative estimate of drug-likeness (QED) is 0.314. The lowest BCUT2D eigenvalue weighted by atomic mass is 9.72. The second kappa shape index (κ2) is 10.5. The third kappa shape index (κ3) is 7.05. The largest absolute Gasteiger partial charge is 0.522 e. The lowest BCUT2D eigenvalue weighted by Gasteiger charge is -2.39. The van der Waals surface area contributed by atoms with Crippen molar-refractivity contribution < 1.29 is 55.4 Å². The molecule has 0 aromatic carbocycles. The van der Waals surface area contributed by atoms with Gasteiger partial charge in [0.05, 0.1) is 5.92 Å². The number of ether oxygens (including phenoxy) is 1. The number of nitrogens with two attached hydrogens (primary N) is 1. The zero-order chi connectivity index (χ0) is 24.9. The van der Waals surface area contributed by atoms with Gasteiger partial charge in [-0.15, -0.1) is 13.2 Å². The zero-order valence-corrected chi connectivity index (χ0v) is 16.8. The molecule has 0 aromatic rings. The van der Waals surface area contributed by atoms with Crippen LogP contribution in [0.3, 0.4) is 0 Å². The highest BCUT2D eigenvalue weighted by Crippen LogP contribution is 2.34. The van der Waals surface area contributed by atoms with E-state index in [4.69, 9.17) is 5.73 Å². The van der Waals surface area contributed by atoms with Crippen molar-refractivity contribution in [2.24, 2.45) is 17.6 Å². The lowest BCUT2D eigenvalue weighted by Crippen LogP contribution is -2.66. The predicted octanol–water partition coefficient (Wildman–Crippen LogP) is 0.298. The lowest BCUT2D eigenvalue weighted by molar-refractivity contribution is -0.321. The molecule has 3 amide bonds. The van der Waals surface area contributed by atoms with Crippen LogP contribution in [0.4, 0.5) is 26.3 Å². The summed E-state index contributed by atoms with van der Waals surface area (Å²) in [6.07, 6.45) is -15.4. The maximum Gasteiger partial charge on any atom is 0.522 e. The summed E-state index contributed by atoms with van der Waals surface area (Å²) >= 11 is 0. The number of Topliss-reactive ketones (excluding diaryl/α,β-unsaturated/α-hetero) is 1. The average molecular weight is 479 g/mol. The number of ketones is 1. The first-order valence-corrected chi connectivity index (χ1v) is 9.43. The van der Waals surface area contributed by atoms with Gasteiger partial charge in [-0.25, -0.2) is 0 Å². The van der Waals surface area contributed by atoms with E-state index in [0.29, 0.717) is 0 Å². The van der Waals surface area contributed by atoms with Crippen LogP contribution < -0.4 is 16.4 Å². The van der Waals surface area contributed by atoms with Gasteiger partial charge in [-0.1, -0.05) is 13.3 Å². The van der Waals surface area contributed by atoms with Gasteiger partial charge in [0, 0.05) is 12.5 Å². The summed E-state index contributed by atoms with van der Waals surface area (Å²) in [6.45, 7) is -0.0844. The van der Waals surface area contributed by atoms with Crippen LogP contribution >= 0.6 is 0 Å². The number of primary amides is 1. The Balaban J connectivity index is 3.43. The number of nitrogens with one attached hydrogen (secondary N) is 2. The number of aliphatic hydroxyl groups excluding tert-OH is 1. The van der Waals surface area contributed by atoms with Crippen molar-refractivity contribution in [2.75, 3.05) is 13.2 Å². The molecule has 1 aliphatic heterocycles. The fourth-order valence-electron chi connectivity index (χ4n) is 3.53. The highest BCUT2D eigenvalue weighted by Gasteiger charge is 2.53. The molecule has 0 radical (unpaired) electrons. The first kappa shape index (κ1) is 27.6. The van der Waals surface area contributed by atoms with E-state index in [0.717, 1.165) is 0 Å². The van der Waals surface area contributed by atoms with Crippen LogP contribution in [0, 0.1) is 11.8 Å². The Bertz CT molecular complexity index is 729. The van der Waals surface area contributed by atoms with Crippen LogP contribution in [-0.2, 0) is 23.9 Å². The molecule has 1 fully saturated rings. The van der Waals surface area contributed by atoms with E-state index in [9.17, 15) is 50.6 Å². The summed E-state index contributed by atoms with van der Waals surface area (Å²) in [5.74, 6) is -8.61. The molecule has 1 saturated heterocycles. The summed E-state index contributed by atoms with van der Waals surface area (Å²) < 4.78 is 79.1. The minimum atomic E-state index is -5.44. The zero-order valence-electron chi connectivity index (χ0n) is 16.8. The Morgan fingerprint density at radius 2 is 1.84 bits per heavy atom. The molecule has 0 saturated carbocycles. The van der Waals surface area contributed by atoms with Gasteiger partial charge in [0.1, 0.15) is 12.1 Å². The van der Waals surface area contributed by atoms with Crippen LogP contribution in [0.15, 0.2) is 0 Å². The monoisotopic (exact) mass is 479 g/mol. The minimum Gasteiger partial charge on any atom is -0.376 e. The molecule has 15 heteroatoms. The smallest absolute Gasteiger partial charge is 0.376 e. The van der Waals surface area contributed by atoms with E-state index in [-0.39, 0.29) is 19.4 Å². The van der Waals surface area contributed by atoms with Gasteiger partial charge in [-0.05, 0) is 19.3 Å². The van der Waals surface area contributed by atoms with Crippen molar-refractivity contribution in [2.45, 2.75) is 56.8 Å². The van der Waals surface area contributed by atoms with Gasteiger partial charge in [-0.3, -0.25) is 23.9 Å². The van der Waals surface area contributed by atoms with Crippen LogP contribution in [0.5, 0.6) is 0 Å². The SMILES string of the molecule is CCCC(NC(=O)[C@H](O)C(F)(F)F)(C(N)=O)[C@H](C[C@H]1CCNC1=O)C(=O)COC(F)(F)F. The third-order valence-electron chi connectivity index (χ3n) is 5.03. The topological polar surface area (TPSA) is 148 Å². The summed E-state index contributed by atoms with van der Waals surface area (Å²) in [6, 6.07) is 0. The van der Waals surface area contributed by atoms with E-state index in [2.05, 4.69) is 10.1 Å². The van der Waals surface area contributed by atoms with E-state index in [1.165, 1.54) is 6.92 Å². The highest BCUT2D eigenvalue weighted by atomic mass is 19.4. The van der Waals surface area contributed by atoms with E-state index in [1.807, 2.05) is 0 Å². The number of rotatable bonds is 11. The molecule has 32 heavy (non-hydrogen) atoms. The van der Waals surface area contributed by atoms with Crippen molar-refractivity contribution in [3.8, 4) is 0 Å². The van der Waals surface area contributed by atoms with Crippen LogP contribution in [-0.4, -0.2) is 65.9 Å². The van der Waals surface area contributed by atoms with E-state index < -0.39 is 79.0 Å². The fraction of sp³-hybridized carbons (Fsp3) is 0.765. The molecule has 0 spiro atoms. The Kier molecular flexibility index (Phi) is 9.03. The average Bonchev–Trinajstić information content (AvgIpc) is 3.06. The predicted molar refractivity (Wildman–Crippen MR) is 93.3 cm³/mol. The van der Waals surface area contributed by atoms with Crippen molar-refractivity contribution in [1.82, 2.24) is 10.6 Å². The number of hydrogen-bond acceptors (Lipinski definition) is 6. The van der Waals surface area contributed by atoms with Gasteiger partial charge >= 0.3 is 12.5 Å². The Morgan fingerprint density at radius 3 is 2.25 bits per heavy atom. The molecule has 0 aromatic heterocycles. The molecule has 1 unspecified atom stereocenters. The molecule has 9 nitrogen and oxygen atoms in total. The maximum atomic E-state index is 12.8. The number of hydrogen-bond donors (Lipinski definition) is 4. The number of carbonyl (C=O) groups excluding carboxylic acids is 4. The Morgan fingerprint density at radius 1 is 1.25 bits per heavy atom. The van der Waals surface area contributed by atoms with Crippen molar-refractivity contribution in [3.05, 3.63) is 0 Å². The van der Waals surface area contributed by atoms with Gasteiger partial charge in [0.25, 0.3) is 5.91 Å². The Hall–Kier alpha value is -2.42. The third-order valence-corrected chi connectivity index (χ3v) is 5.03. The summed E-state index contributed by atoms with van der Waals surface area (Å²) in [5.41, 5.74) is 2.69. The second-order valence-corrected chi connectivity index (χ2v) is 7.28. The standard InChI is InChI=1S/C17H23F6N3O6/c1-2-4-15(14(24)31,26-13(30)11(28)16(18,19)20)9(6-8-3-5-25-12(8)29)10(27)7-32-17(21,22)23/h8-9,11,28H,2-7H2,1H3,(H2,24,31)(H,25,29)(H,26,30)/t8-,9-,11+,15?/m1/s1. The van der Waals surface area contributed by atoms with E-state index in [1.54, 1.807) is 5.32 Å². The molecular weight excluding hydrogens is 456 g/mol. The van der Waals surface area contributed by atoms with E-state index >= 15 is 0 Å². The fourth-order valence-corrected chi connectivity index (χ4v) is 3.53. The van der Waals surface area contributed by atoms with Crippen LogP contribution in [0.2, 0.25) is 0 Å². The summed E-state index contributed by atoms with van der Waals surface area (Å²) in [4.78, 5) is 49.0. The van der Waals surface area contributed by atoms with Crippen molar-refractivity contribution >= 4 is 23.5 Å². The molecule has 0 bridgehead atoms. The van der Waals surface area contributed by atoms with Crippen LogP contribution in [0.1, 0.15) is 32.6 Å². The van der Waals surface area contributed by atoms with Crippen LogP contribution in [0.25, 0.3) is 0 Å². The number of halogens is 6. The second-order valence-electron chi connectivity index (χ2n) is 7.28. The number of carbonyl (C=O) groups is 4. The molecule has 1 heterocycles. The van der Waals surface area contributed by atoms with Gasteiger partial charge in [-0.2, -0.15) is 13.2 Å². The summed E-state index contributed by atoms with van der Waals surface area (Å²) in [5, 5.41) is 13.3. The molecule has 5 N–H and O–H groups in total. The molecule has 184 valence electrons. The van der Waals surface area contributed by atoms with Crippen molar-refractivity contribution in [1.29, 1.82) is 0 Å². The molecule has 0 aliphatic carbocycles. The van der Waals surface area contributed by atoms with Crippen molar-refractivity contribution in [3.63, 3.8) is 0 Å². The summed E-state index contributed by atoms with van der Waals surface area (Å²) in [7, 11) is 0. The highest BCUT2D eigenvalue weighted by molar-refractivity contribution is 5.98. The normalized spacial score (nSPS) is 20.8. The van der Waals surface area contributed by atoms with Gasteiger partial charge in [0.15, 0.2) is 5.78 Å². The Labute approximate surface area is 178 Å². The minimum absolute atomic E-state index is 0.0634. The molecular formula is C17H23F6N3O6. The maximum absolute atomic E-state index is 12.8. The number of alkyl halides is 6. The number of aliphatic hydroxyl groups is 1. The molecule has 1 aliphatic rings.